The number of pyridine rings is 2. The van der Waals surface area contributed by atoms with Crippen LogP contribution < -0.4 is 5.32 Å². The van der Waals surface area contributed by atoms with E-state index in [0.717, 1.165) is 0 Å². The van der Waals surface area contributed by atoms with Crippen LogP contribution in [0.4, 0.5) is 0 Å². The van der Waals surface area contributed by atoms with Crippen molar-refractivity contribution in [3.05, 3.63) is 54.1 Å². The van der Waals surface area contributed by atoms with Crippen LogP contribution in [0.2, 0.25) is 0 Å². The van der Waals surface area contributed by atoms with Gasteiger partial charge in [-0.3, -0.25) is 19.4 Å². The molecule has 0 spiro atoms. The topological polar surface area (TPSA) is 168 Å². The molecular formula is C27H32N5O8+. The van der Waals surface area contributed by atoms with Crippen molar-refractivity contribution in [2.75, 3.05) is 13.7 Å². The third kappa shape index (κ3) is 4.49. The average Bonchev–Trinajstić information content (AvgIpc) is 3.11. The van der Waals surface area contributed by atoms with Gasteiger partial charge >= 0.3 is 11.9 Å². The minimum absolute atomic E-state index is 0.0680. The number of esters is 1. The van der Waals surface area contributed by atoms with Crippen molar-refractivity contribution in [3.8, 4) is 5.75 Å². The molecule has 3 aliphatic heterocycles. The Morgan fingerprint density at radius 2 is 1.93 bits per heavy atom. The molecular weight excluding hydrogens is 522 g/mol. The molecule has 3 amide bonds. The Labute approximate surface area is 230 Å². The standard InChI is InChI=1S/C27H31N5O8/c1-14-22(34)17(12-16-6-4-9-28-13-16)31-25(36)20(30-24(35)21-18(33)7-5-10-29-21)15(2)32(31,3)26(37)23(40-27(14)38)19-8-11-39-19/h4-7,9-10,13-15,17,19-20,22-23,34H,8,11-12H2,1-3H3,(H-,30,33,35)/p+1. The first kappa shape index (κ1) is 27.6. The van der Waals surface area contributed by atoms with Gasteiger partial charge in [-0.05, 0) is 37.6 Å². The fourth-order valence-electron chi connectivity index (χ4n) is 5.64. The van der Waals surface area contributed by atoms with Gasteiger partial charge in [-0.15, -0.1) is 0 Å². The summed E-state index contributed by atoms with van der Waals surface area (Å²) >= 11 is 0. The van der Waals surface area contributed by atoms with Gasteiger partial charge in [0.05, 0.1) is 19.1 Å². The lowest BCUT2D eigenvalue weighted by Crippen LogP contribution is -2.69. The zero-order valence-electron chi connectivity index (χ0n) is 22.3. The monoisotopic (exact) mass is 554 g/mol. The molecule has 3 saturated heterocycles. The molecule has 8 unspecified atom stereocenters. The van der Waals surface area contributed by atoms with Gasteiger partial charge in [-0.2, -0.15) is 9.60 Å². The molecule has 40 heavy (non-hydrogen) atoms. The summed E-state index contributed by atoms with van der Waals surface area (Å²) in [6.07, 6.45) is 1.57. The molecule has 0 radical (unpaired) electrons. The molecule has 2 aromatic rings. The number of aromatic hydroxyl groups is 1. The van der Waals surface area contributed by atoms with E-state index in [2.05, 4.69) is 15.3 Å². The normalized spacial score (nSPS) is 34.1. The van der Waals surface area contributed by atoms with E-state index in [4.69, 9.17) is 9.47 Å². The summed E-state index contributed by atoms with van der Waals surface area (Å²) in [5.74, 6) is -4.30. The number of carbonyl (C=O) groups excluding carboxylic acids is 4. The van der Waals surface area contributed by atoms with E-state index in [1.54, 1.807) is 31.5 Å². The van der Waals surface area contributed by atoms with Crippen LogP contribution in [-0.4, -0.2) is 104 Å². The number of cyclic esters (lactones) is 1. The highest BCUT2D eigenvalue weighted by Gasteiger charge is 2.66. The van der Waals surface area contributed by atoms with Crippen molar-refractivity contribution in [2.45, 2.75) is 63.1 Å². The molecule has 5 rings (SSSR count). The molecule has 13 nitrogen and oxygen atoms in total. The fraction of sp³-hybridized carbons (Fsp3) is 0.481. The van der Waals surface area contributed by atoms with Crippen molar-refractivity contribution in [1.29, 1.82) is 0 Å². The molecule has 2 aromatic heterocycles. The molecule has 0 saturated carbocycles. The molecule has 13 heteroatoms. The molecule has 0 bridgehead atoms. The molecule has 5 heterocycles. The number of amides is 3. The van der Waals surface area contributed by atoms with Gasteiger partial charge in [0.2, 0.25) is 6.10 Å². The highest BCUT2D eigenvalue weighted by molar-refractivity contribution is 5.99. The van der Waals surface area contributed by atoms with Crippen molar-refractivity contribution in [3.63, 3.8) is 0 Å². The highest BCUT2D eigenvalue weighted by atomic mass is 16.6. The number of quaternary nitrogens is 1. The fourth-order valence-corrected chi connectivity index (χ4v) is 5.64. The third-order valence-electron chi connectivity index (χ3n) is 8.27. The lowest BCUT2D eigenvalue weighted by molar-refractivity contribution is -0.954. The highest BCUT2D eigenvalue weighted by Crippen LogP contribution is 2.38. The first-order valence-electron chi connectivity index (χ1n) is 13.1. The van der Waals surface area contributed by atoms with E-state index in [9.17, 15) is 29.4 Å². The van der Waals surface area contributed by atoms with Crippen LogP contribution in [0, 0.1) is 5.92 Å². The summed E-state index contributed by atoms with van der Waals surface area (Å²) < 4.78 is 10.5. The molecule has 0 aliphatic carbocycles. The minimum Gasteiger partial charge on any atom is -0.505 e. The minimum atomic E-state index is -1.43. The lowest BCUT2D eigenvalue weighted by Gasteiger charge is -2.44. The number of aliphatic hydroxyl groups is 1. The van der Waals surface area contributed by atoms with Crippen LogP contribution >= 0.6 is 0 Å². The van der Waals surface area contributed by atoms with Crippen LogP contribution in [-0.2, 0) is 30.3 Å². The van der Waals surface area contributed by atoms with E-state index >= 15 is 0 Å². The third-order valence-corrected chi connectivity index (χ3v) is 8.27. The van der Waals surface area contributed by atoms with E-state index < -0.39 is 70.6 Å². The number of ether oxygens (including phenoxy) is 2. The summed E-state index contributed by atoms with van der Waals surface area (Å²) in [5, 5.41) is 25.5. The Morgan fingerprint density at radius 3 is 2.55 bits per heavy atom. The van der Waals surface area contributed by atoms with Gasteiger partial charge in [0.15, 0.2) is 11.7 Å². The molecule has 3 fully saturated rings. The maximum absolute atomic E-state index is 14.3. The Hall–Kier alpha value is -3.94. The molecule has 8 atom stereocenters. The predicted molar refractivity (Wildman–Crippen MR) is 136 cm³/mol. The maximum Gasteiger partial charge on any atom is 0.381 e. The van der Waals surface area contributed by atoms with Gasteiger partial charge in [-0.1, -0.05) is 6.07 Å². The molecule has 212 valence electrons. The maximum atomic E-state index is 14.3. The largest absolute Gasteiger partial charge is 0.505 e. The van der Waals surface area contributed by atoms with Crippen molar-refractivity contribution < 1.29 is 43.5 Å². The smallest absolute Gasteiger partial charge is 0.381 e. The second-order valence-corrected chi connectivity index (χ2v) is 10.6. The number of hydrogen-bond donors (Lipinski definition) is 3. The SMILES string of the molecule is CC1C(=O)OC(C2CCO2)C(=O)[N+]2(C)C(C)C(NC(=O)c3ncccc3O)C(=O)N2C(Cc2cccnc2)C1O. The number of rotatable bonds is 5. The van der Waals surface area contributed by atoms with E-state index in [0.29, 0.717) is 18.6 Å². The Kier molecular flexibility index (Phi) is 7.29. The van der Waals surface area contributed by atoms with Gasteiger partial charge in [-0.25, -0.2) is 9.78 Å². The summed E-state index contributed by atoms with van der Waals surface area (Å²) in [4.78, 5) is 62.8. The predicted octanol–water partition coefficient (Wildman–Crippen LogP) is -0.278. The summed E-state index contributed by atoms with van der Waals surface area (Å²) in [5.41, 5.74) is 0.383. The quantitative estimate of drug-likeness (QED) is 0.330. The first-order chi connectivity index (χ1) is 19.1. The van der Waals surface area contributed by atoms with Crippen molar-refractivity contribution in [2.24, 2.45) is 5.92 Å². The molecule has 3 N–H and O–H groups in total. The van der Waals surface area contributed by atoms with Crippen LogP contribution in [0.1, 0.15) is 36.3 Å². The van der Waals surface area contributed by atoms with Crippen molar-refractivity contribution in [1.82, 2.24) is 20.3 Å². The van der Waals surface area contributed by atoms with E-state index in [1.165, 1.54) is 37.3 Å². The van der Waals surface area contributed by atoms with Gasteiger partial charge in [0.25, 0.3) is 11.8 Å². The van der Waals surface area contributed by atoms with E-state index in [1.807, 2.05) is 0 Å². The van der Waals surface area contributed by atoms with Crippen LogP contribution in [0.3, 0.4) is 0 Å². The molecule has 3 aliphatic rings. The zero-order valence-corrected chi connectivity index (χ0v) is 22.3. The number of aromatic nitrogens is 2. The summed E-state index contributed by atoms with van der Waals surface area (Å²) in [6.45, 7) is 3.49. The number of carbonyl (C=O) groups is 4. The van der Waals surface area contributed by atoms with Crippen molar-refractivity contribution >= 4 is 23.7 Å². The van der Waals surface area contributed by atoms with Crippen LogP contribution in [0.25, 0.3) is 0 Å². The second-order valence-electron chi connectivity index (χ2n) is 10.6. The number of nitrogens with zero attached hydrogens (tertiary/aromatic N) is 4. The van der Waals surface area contributed by atoms with E-state index in [-0.39, 0.29) is 17.9 Å². The number of fused-ring (bicyclic) bond motifs is 1. The number of hydrogen-bond acceptors (Lipinski definition) is 10. The summed E-state index contributed by atoms with van der Waals surface area (Å²) in [7, 11) is 1.51. The number of nitrogens with one attached hydrogen (secondary N) is 1. The van der Waals surface area contributed by atoms with Gasteiger partial charge in [0.1, 0.15) is 23.9 Å². The van der Waals surface area contributed by atoms with Crippen LogP contribution in [0.15, 0.2) is 42.9 Å². The number of likely N-dealkylation sites (N-methyl/N-ethyl adjacent to an activating group) is 1. The Balaban J connectivity index is 1.60. The second kappa shape index (κ2) is 10.6. The lowest BCUT2D eigenvalue weighted by atomic mass is 9.92. The van der Waals surface area contributed by atoms with Gasteiger partial charge < -0.3 is 25.0 Å². The van der Waals surface area contributed by atoms with Gasteiger partial charge in [0, 0.05) is 38.0 Å². The first-order valence-corrected chi connectivity index (χ1v) is 13.1. The average molecular weight is 555 g/mol. The summed E-state index contributed by atoms with van der Waals surface area (Å²) in [6, 6.07) is 3.02. The zero-order chi connectivity index (χ0) is 28.8. The number of aliphatic hydroxyl groups excluding tert-OH is 1. The Morgan fingerprint density at radius 1 is 1.20 bits per heavy atom. The Bertz CT molecular complexity index is 1320. The van der Waals surface area contributed by atoms with Crippen LogP contribution in [0.5, 0.6) is 5.75 Å². The molecule has 0 aromatic carbocycles.